The van der Waals surface area contributed by atoms with Crippen LogP contribution in [0, 0.1) is 0 Å². The molecule has 6 nitrogen and oxygen atoms in total. The fraction of sp³-hybridized carbons (Fsp3) is 0.526. The highest BCUT2D eigenvalue weighted by molar-refractivity contribution is 6.66. The van der Waals surface area contributed by atoms with Gasteiger partial charge in [0.15, 0.2) is 5.82 Å². The predicted octanol–water partition coefficient (Wildman–Crippen LogP) is 6.67. The van der Waals surface area contributed by atoms with Crippen molar-refractivity contribution in [2.45, 2.75) is 43.4 Å². The molecular formula is C19H25Cl5N6. The minimum Gasteiger partial charge on any atom is -0.350 e. The van der Waals surface area contributed by atoms with Crippen LogP contribution in [0.1, 0.15) is 39.4 Å². The number of benzene rings is 1. The SMILES string of the molecule is CCCN(CCC)CC(C)Nc1nc(Nc2cc(Cl)cc(Cl)c2)nc(C(Cl)(Cl)Cl)n1. The molecule has 0 bridgehead atoms. The lowest BCUT2D eigenvalue weighted by molar-refractivity contribution is 0.267. The molecule has 0 aliphatic heterocycles. The molecule has 11 heteroatoms. The molecule has 30 heavy (non-hydrogen) atoms. The second kappa shape index (κ2) is 11.7. The molecular weight excluding hydrogens is 490 g/mol. The Morgan fingerprint density at radius 1 is 0.933 bits per heavy atom. The molecule has 1 aromatic heterocycles. The number of aromatic nitrogens is 3. The van der Waals surface area contributed by atoms with E-state index >= 15 is 0 Å². The van der Waals surface area contributed by atoms with Gasteiger partial charge in [-0.05, 0) is 51.1 Å². The number of hydrogen-bond acceptors (Lipinski definition) is 6. The summed E-state index contributed by atoms with van der Waals surface area (Å²) in [5.41, 5.74) is 0.602. The number of hydrogen-bond donors (Lipinski definition) is 2. The number of nitrogens with one attached hydrogen (secondary N) is 2. The van der Waals surface area contributed by atoms with Crippen LogP contribution in [0.5, 0.6) is 0 Å². The predicted molar refractivity (Wildman–Crippen MR) is 129 cm³/mol. The molecule has 0 fully saturated rings. The molecule has 2 aromatic rings. The maximum absolute atomic E-state index is 6.06. The van der Waals surface area contributed by atoms with E-state index in [9.17, 15) is 0 Å². The van der Waals surface area contributed by atoms with E-state index in [2.05, 4.69) is 51.3 Å². The first kappa shape index (κ1) is 25.5. The molecule has 2 N–H and O–H groups in total. The molecule has 0 aliphatic carbocycles. The highest BCUT2D eigenvalue weighted by Crippen LogP contribution is 2.36. The van der Waals surface area contributed by atoms with Gasteiger partial charge in [0.1, 0.15) is 0 Å². The van der Waals surface area contributed by atoms with Crippen LogP contribution in [-0.4, -0.2) is 45.5 Å². The molecule has 1 heterocycles. The average Bonchev–Trinajstić information content (AvgIpc) is 2.60. The van der Waals surface area contributed by atoms with Crippen molar-refractivity contribution in [3.63, 3.8) is 0 Å². The first-order chi connectivity index (χ1) is 14.1. The van der Waals surface area contributed by atoms with E-state index in [-0.39, 0.29) is 17.8 Å². The van der Waals surface area contributed by atoms with E-state index < -0.39 is 3.79 Å². The molecule has 166 valence electrons. The Hall–Kier alpha value is -0.760. The van der Waals surface area contributed by atoms with Gasteiger partial charge in [-0.15, -0.1) is 0 Å². The van der Waals surface area contributed by atoms with Gasteiger partial charge in [0.2, 0.25) is 15.7 Å². The standard InChI is InChI=1S/C19H25Cl5N6/c1-4-6-30(7-5-2)11-12(3)25-17-27-16(19(22,23)24)28-18(29-17)26-15-9-13(20)8-14(21)10-15/h8-10,12H,4-7,11H2,1-3H3,(H2,25,26,27,28,29). The fourth-order valence-corrected chi connectivity index (χ4v) is 3.74. The number of halogens is 5. The lowest BCUT2D eigenvalue weighted by atomic mass is 10.2. The Balaban J connectivity index is 2.25. The lowest BCUT2D eigenvalue weighted by Crippen LogP contribution is -2.36. The minimum atomic E-state index is -1.80. The summed E-state index contributed by atoms with van der Waals surface area (Å²) in [4.78, 5) is 15.3. The number of rotatable bonds is 10. The van der Waals surface area contributed by atoms with Gasteiger partial charge in [0.25, 0.3) is 0 Å². The number of nitrogens with zero attached hydrogens (tertiary/aromatic N) is 4. The molecule has 0 amide bonds. The van der Waals surface area contributed by atoms with Crippen LogP contribution in [0.3, 0.4) is 0 Å². The van der Waals surface area contributed by atoms with E-state index in [1.807, 2.05) is 0 Å². The Bertz CT molecular complexity index is 803. The first-order valence-corrected chi connectivity index (χ1v) is 11.5. The third kappa shape index (κ3) is 8.40. The van der Waals surface area contributed by atoms with Crippen molar-refractivity contribution in [2.24, 2.45) is 0 Å². The Morgan fingerprint density at radius 3 is 2.03 bits per heavy atom. The maximum atomic E-state index is 6.06. The van der Waals surface area contributed by atoms with Crippen molar-refractivity contribution >= 4 is 75.6 Å². The summed E-state index contributed by atoms with van der Waals surface area (Å²) < 4.78 is -1.80. The zero-order valence-electron chi connectivity index (χ0n) is 17.0. The molecule has 2 rings (SSSR count). The molecule has 1 unspecified atom stereocenters. The minimum absolute atomic E-state index is 0.00629. The van der Waals surface area contributed by atoms with Crippen LogP contribution in [-0.2, 0) is 3.79 Å². The van der Waals surface area contributed by atoms with Crippen LogP contribution in [0.4, 0.5) is 17.6 Å². The van der Waals surface area contributed by atoms with Gasteiger partial charge in [-0.3, -0.25) is 0 Å². The fourth-order valence-electron chi connectivity index (χ4n) is 2.96. The molecule has 1 atom stereocenters. The van der Waals surface area contributed by atoms with Crippen molar-refractivity contribution in [3.8, 4) is 0 Å². The van der Waals surface area contributed by atoms with Crippen molar-refractivity contribution in [1.82, 2.24) is 19.9 Å². The molecule has 0 spiro atoms. The van der Waals surface area contributed by atoms with Crippen molar-refractivity contribution in [1.29, 1.82) is 0 Å². The van der Waals surface area contributed by atoms with Gasteiger partial charge in [-0.1, -0.05) is 71.9 Å². The Kier molecular flexibility index (Phi) is 9.98. The average molecular weight is 515 g/mol. The largest absolute Gasteiger partial charge is 0.350 e. The second-order valence-corrected chi connectivity index (χ2v) is 10.1. The summed E-state index contributed by atoms with van der Waals surface area (Å²) in [6.45, 7) is 9.28. The maximum Gasteiger partial charge on any atom is 0.250 e. The van der Waals surface area contributed by atoms with E-state index in [1.165, 1.54) is 0 Å². The molecule has 0 saturated carbocycles. The number of alkyl halides is 3. The van der Waals surface area contributed by atoms with E-state index in [1.54, 1.807) is 18.2 Å². The van der Waals surface area contributed by atoms with E-state index in [0.717, 1.165) is 32.5 Å². The summed E-state index contributed by atoms with van der Waals surface area (Å²) in [6.07, 6.45) is 2.18. The van der Waals surface area contributed by atoms with Crippen molar-refractivity contribution in [2.75, 3.05) is 30.3 Å². The molecule has 0 saturated heterocycles. The van der Waals surface area contributed by atoms with Gasteiger partial charge in [0.05, 0.1) is 0 Å². The zero-order chi connectivity index (χ0) is 22.3. The topological polar surface area (TPSA) is 66.0 Å². The lowest BCUT2D eigenvalue weighted by Gasteiger charge is -2.25. The summed E-state index contributed by atoms with van der Waals surface area (Å²) in [5, 5.41) is 7.26. The quantitative estimate of drug-likeness (QED) is 0.345. The zero-order valence-corrected chi connectivity index (χ0v) is 20.8. The van der Waals surface area contributed by atoms with Crippen molar-refractivity contribution in [3.05, 3.63) is 34.1 Å². The van der Waals surface area contributed by atoms with Gasteiger partial charge in [-0.2, -0.15) is 15.0 Å². The molecule has 0 aliphatic rings. The summed E-state index contributed by atoms with van der Waals surface area (Å²) in [6, 6.07) is 5.08. The van der Waals surface area contributed by atoms with Gasteiger partial charge >= 0.3 is 0 Å². The van der Waals surface area contributed by atoms with Gasteiger partial charge in [0, 0.05) is 28.3 Å². The van der Waals surface area contributed by atoms with E-state index in [0.29, 0.717) is 21.7 Å². The van der Waals surface area contributed by atoms with Crippen LogP contribution in [0.25, 0.3) is 0 Å². The highest BCUT2D eigenvalue weighted by Gasteiger charge is 2.28. The first-order valence-electron chi connectivity index (χ1n) is 9.66. The summed E-state index contributed by atoms with van der Waals surface area (Å²) >= 11 is 30.2. The molecule has 0 radical (unpaired) electrons. The van der Waals surface area contributed by atoms with Crippen LogP contribution in [0.15, 0.2) is 18.2 Å². The third-order valence-electron chi connectivity index (χ3n) is 3.99. The highest BCUT2D eigenvalue weighted by atomic mass is 35.6. The van der Waals surface area contributed by atoms with Crippen LogP contribution in [0.2, 0.25) is 10.0 Å². The summed E-state index contributed by atoms with van der Waals surface area (Å²) in [7, 11) is 0. The van der Waals surface area contributed by atoms with Crippen LogP contribution < -0.4 is 10.6 Å². The van der Waals surface area contributed by atoms with Gasteiger partial charge in [-0.25, -0.2) is 0 Å². The van der Waals surface area contributed by atoms with Crippen LogP contribution >= 0.6 is 58.0 Å². The van der Waals surface area contributed by atoms with E-state index in [4.69, 9.17) is 58.0 Å². The molecule has 1 aromatic carbocycles. The second-order valence-electron chi connectivity index (χ2n) is 6.93. The number of anilines is 3. The van der Waals surface area contributed by atoms with Crippen molar-refractivity contribution < 1.29 is 0 Å². The Labute approximate surface area is 202 Å². The smallest absolute Gasteiger partial charge is 0.250 e. The van der Waals surface area contributed by atoms with Gasteiger partial charge < -0.3 is 15.5 Å². The Morgan fingerprint density at radius 2 is 1.50 bits per heavy atom. The normalized spacial score (nSPS) is 12.8. The summed E-state index contributed by atoms with van der Waals surface area (Å²) in [5.74, 6) is 0.521. The monoisotopic (exact) mass is 512 g/mol. The third-order valence-corrected chi connectivity index (χ3v) is 4.94.